The quantitative estimate of drug-likeness (QED) is 0.803. The number of hydrogen-bond donors (Lipinski definition) is 1. The summed E-state index contributed by atoms with van der Waals surface area (Å²) >= 11 is 0. The van der Waals surface area contributed by atoms with Crippen molar-refractivity contribution in [3.63, 3.8) is 0 Å². The van der Waals surface area contributed by atoms with Crippen LogP contribution in [0.4, 0.5) is 5.69 Å². The zero-order chi connectivity index (χ0) is 10.7. The lowest BCUT2D eigenvalue weighted by molar-refractivity contribution is 0.232. The largest absolute Gasteiger partial charge is 0.504 e. The number of ether oxygens (including phenoxy) is 1. The van der Waals surface area contributed by atoms with E-state index in [0.29, 0.717) is 5.75 Å². The Hall–Kier alpha value is -1.38. The van der Waals surface area contributed by atoms with Gasteiger partial charge in [0, 0.05) is 25.8 Å². The molecule has 0 unspecified atom stereocenters. The van der Waals surface area contributed by atoms with Crippen LogP contribution in [0.15, 0.2) is 18.2 Å². The molecule has 0 fully saturated rings. The topological polar surface area (TPSA) is 32.7 Å². The lowest BCUT2D eigenvalue weighted by atomic mass is 10.2. The van der Waals surface area contributed by atoms with Crippen molar-refractivity contribution in [1.29, 1.82) is 0 Å². The van der Waals surface area contributed by atoms with E-state index in [1.54, 1.807) is 12.1 Å². The van der Waals surface area contributed by atoms with E-state index in [4.69, 9.17) is 4.74 Å². The molecule has 3 nitrogen and oxygen atoms in total. The predicted octanol–water partition coefficient (Wildman–Crippen LogP) is 2.25. The molecule has 0 saturated heterocycles. The highest BCUT2D eigenvalue weighted by Crippen LogP contribution is 2.30. The van der Waals surface area contributed by atoms with Gasteiger partial charge in [0.25, 0.3) is 0 Å². The Balaban J connectivity index is 2.90. The average molecular weight is 195 g/mol. The van der Waals surface area contributed by atoms with E-state index in [-0.39, 0.29) is 11.9 Å². The number of phenolic OH excluding ortho intramolecular Hbond substituents is 1. The highest BCUT2D eigenvalue weighted by atomic mass is 16.5. The van der Waals surface area contributed by atoms with Crippen molar-refractivity contribution in [2.75, 3.05) is 19.0 Å². The van der Waals surface area contributed by atoms with Gasteiger partial charge in [-0.25, -0.2) is 0 Å². The van der Waals surface area contributed by atoms with Gasteiger partial charge in [-0.1, -0.05) is 0 Å². The van der Waals surface area contributed by atoms with Crippen molar-refractivity contribution in [1.82, 2.24) is 0 Å². The number of anilines is 1. The summed E-state index contributed by atoms with van der Waals surface area (Å²) in [5.74, 6) is 0.718. The molecule has 0 saturated carbocycles. The molecule has 0 radical (unpaired) electrons. The number of phenols is 1. The molecular formula is C11H17NO2. The number of benzene rings is 1. The molecule has 0 atom stereocenters. The summed E-state index contributed by atoms with van der Waals surface area (Å²) in [5.41, 5.74) is 0.957. The fourth-order valence-electron chi connectivity index (χ4n) is 1.14. The van der Waals surface area contributed by atoms with Crippen LogP contribution in [0.3, 0.4) is 0 Å². The molecule has 78 valence electrons. The molecule has 0 aliphatic rings. The minimum atomic E-state index is 0.0751. The Morgan fingerprint density at radius 3 is 2.36 bits per heavy atom. The Kier molecular flexibility index (Phi) is 3.23. The van der Waals surface area contributed by atoms with Crippen LogP contribution in [-0.4, -0.2) is 25.3 Å². The number of rotatable bonds is 3. The van der Waals surface area contributed by atoms with Crippen molar-refractivity contribution in [3.8, 4) is 11.5 Å². The predicted molar refractivity (Wildman–Crippen MR) is 58.2 cm³/mol. The summed E-state index contributed by atoms with van der Waals surface area (Å²) in [6, 6.07) is 5.39. The summed E-state index contributed by atoms with van der Waals surface area (Å²) in [6.45, 7) is 3.86. The molecule has 0 aliphatic heterocycles. The standard InChI is InChI=1S/C11H17NO2/c1-8(2)14-11-6-5-9(12(3)4)7-10(11)13/h5-8,13H,1-4H3. The number of hydrogen-bond acceptors (Lipinski definition) is 3. The molecule has 3 heteroatoms. The molecule has 0 bridgehead atoms. The average Bonchev–Trinajstić information content (AvgIpc) is 2.07. The molecule has 0 heterocycles. The number of aromatic hydroxyl groups is 1. The Bertz CT molecular complexity index is 308. The molecule has 0 spiro atoms. The fourth-order valence-corrected chi connectivity index (χ4v) is 1.14. The van der Waals surface area contributed by atoms with Crippen LogP contribution in [0.5, 0.6) is 11.5 Å². The van der Waals surface area contributed by atoms with Crippen molar-refractivity contribution in [2.24, 2.45) is 0 Å². The first-order chi connectivity index (χ1) is 6.50. The Morgan fingerprint density at radius 1 is 1.29 bits per heavy atom. The van der Waals surface area contributed by atoms with E-state index >= 15 is 0 Å². The normalized spacial score (nSPS) is 10.4. The van der Waals surface area contributed by atoms with Crippen LogP contribution in [0.2, 0.25) is 0 Å². The minimum absolute atomic E-state index is 0.0751. The summed E-state index contributed by atoms with van der Waals surface area (Å²) in [4.78, 5) is 1.93. The fraction of sp³-hybridized carbons (Fsp3) is 0.455. The van der Waals surface area contributed by atoms with Gasteiger partial charge in [-0.15, -0.1) is 0 Å². The van der Waals surface area contributed by atoms with Crippen LogP contribution in [-0.2, 0) is 0 Å². The molecule has 1 aromatic rings. The van der Waals surface area contributed by atoms with E-state index in [9.17, 15) is 5.11 Å². The second-order valence-electron chi connectivity index (χ2n) is 3.71. The van der Waals surface area contributed by atoms with Gasteiger partial charge in [0.05, 0.1) is 6.10 Å². The van der Waals surface area contributed by atoms with Gasteiger partial charge in [0.15, 0.2) is 11.5 Å². The molecule has 14 heavy (non-hydrogen) atoms. The maximum atomic E-state index is 9.64. The Labute approximate surface area is 84.9 Å². The third-order valence-corrected chi connectivity index (χ3v) is 1.82. The maximum Gasteiger partial charge on any atom is 0.161 e. The molecule has 0 aromatic heterocycles. The van der Waals surface area contributed by atoms with Crippen LogP contribution in [0.25, 0.3) is 0 Å². The molecule has 0 amide bonds. The van der Waals surface area contributed by atoms with Gasteiger partial charge in [0.1, 0.15) is 0 Å². The monoisotopic (exact) mass is 195 g/mol. The molecular weight excluding hydrogens is 178 g/mol. The smallest absolute Gasteiger partial charge is 0.161 e. The third-order valence-electron chi connectivity index (χ3n) is 1.82. The van der Waals surface area contributed by atoms with Crippen molar-refractivity contribution in [3.05, 3.63) is 18.2 Å². The summed E-state index contributed by atoms with van der Waals surface area (Å²) in [5, 5.41) is 9.64. The highest BCUT2D eigenvalue weighted by molar-refractivity contribution is 5.54. The van der Waals surface area contributed by atoms with Gasteiger partial charge in [0.2, 0.25) is 0 Å². The van der Waals surface area contributed by atoms with E-state index in [1.807, 2.05) is 38.9 Å². The highest BCUT2D eigenvalue weighted by Gasteiger charge is 2.06. The van der Waals surface area contributed by atoms with E-state index in [2.05, 4.69) is 0 Å². The SMILES string of the molecule is CC(C)Oc1ccc(N(C)C)cc1O. The summed E-state index contributed by atoms with van der Waals surface area (Å²) in [7, 11) is 3.86. The summed E-state index contributed by atoms with van der Waals surface area (Å²) < 4.78 is 5.41. The van der Waals surface area contributed by atoms with Crippen molar-refractivity contribution >= 4 is 5.69 Å². The molecule has 1 N–H and O–H groups in total. The molecule has 0 aliphatic carbocycles. The van der Waals surface area contributed by atoms with Gasteiger partial charge in [-0.05, 0) is 26.0 Å². The second kappa shape index (κ2) is 4.22. The van der Waals surface area contributed by atoms with Crippen LogP contribution >= 0.6 is 0 Å². The van der Waals surface area contributed by atoms with Crippen LogP contribution < -0.4 is 9.64 Å². The van der Waals surface area contributed by atoms with Gasteiger partial charge in [-0.3, -0.25) is 0 Å². The maximum absolute atomic E-state index is 9.64. The minimum Gasteiger partial charge on any atom is -0.504 e. The van der Waals surface area contributed by atoms with Crippen molar-refractivity contribution < 1.29 is 9.84 Å². The van der Waals surface area contributed by atoms with E-state index < -0.39 is 0 Å². The first kappa shape index (κ1) is 10.7. The first-order valence-corrected chi connectivity index (χ1v) is 4.67. The van der Waals surface area contributed by atoms with Gasteiger partial charge in [-0.2, -0.15) is 0 Å². The molecule has 1 aromatic carbocycles. The molecule has 1 rings (SSSR count). The lowest BCUT2D eigenvalue weighted by Gasteiger charge is -2.15. The zero-order valence-corrected chi connectivity index (χ0v) is 9.11. The first-order valence-electron chi connectivity index (χ1n) is 4.67. The van der Waals surface area contributed by atoms with Gasteiger partial charge >= 0.3 is 0 Å². The second-order valence-corrected chi connectivity index (χ2v) is 3.71. The summed E-state index contributed by atoms with van der Waals surface area (Å²) in [6.07, 6.45) is 0.0751. The van der Waals surface area contributed by atoms with E-state index in [1.165, 1.54) is 0 Å². The van der Waals surface area contributed by atoms with Crippen LogP contribution in [0.1, 0.15) is 13.8 Å². The van der Waals surface area contributed by atoms with Crippen molar-refractivity contribution in [2.45, 2.75) is 20.0 Å². The third kappa shape index (κ3) is 2.55. The lowest BCUT2D eigenvalue weighted by Crippen LogP contribution is -2.09. The van der Waals surface area contributed by atoms with E-state index in [0.717, 1.165) is 5.69 Å². The Morgan fingerprint density at radius 2 is 1.93 bits per heavy atom. The van der Waals surface area contributed by atoms with Gasteiger partial charge < -0.3 is 14.7 Å². The zero-order valence-electron chi connectivity index (χ0n) is 9.11. The number of nitrogens with zero attached hydrogens (tertiary/aromatic N) is 1. The van der Waals surface area contributed by atoms with Crippen LogP contribution in [0, 0.1) is 0 Å².